The van der Waals surface area contributed by atoms with Gasteiger partial charge in [-0.3, -0.25) is 0 Å². The number of aliphatic hydroxyl groups excluding tert-OH is 1. The number of amides is 2. The minimum atomic E-state index is -0.316. The van der Waals surface area contributed by atoms with E-state index in [-0.39, 0.29) is 36.5 Å². The van der Waals surface area contributed by atoms with Crippen molar-refractivity contribution in [3.63, 3.8) is 0 Å². The van der Waals surface area contributed by atoms with Gasteiger partial charge in [-0.05, 0) is 37.6 Å². The highest BCUT2D eigenvalue weighted by Gasteiger charge is 2.19. The molecule has 2 rings (SSSR count). The summed E-state index contributed by atoms with van der Waals surface area (Å²) >= 11 is 0. The van der Waals surface area contributed by atoms with E-state index in [0.717, 1.165) is 0 Å². The average molecular weight is 308 g/mol. The fourth-order valence-corrected chi connectivity index (χ4v) is 2.26. The maximum Gasteiger partial charge on any atom is 0.315 e. The first-order valence-corrected chi connectivity index (χ1v) is 7.32. The van der Waals surface area contributed by atoms with Gasteiger partial charge in [0.2, 0.25) is 0 Å². The minimum Gasteiger partial charge on any atom is -0.489 e. The monoisotopic (exact) mass is 308 g/mol. The van der Waals surface area contributed by atoms with E-state index < -0.39 is 0 Å². The van der Waals surface area contributed by atoms with Crippen LogP contribution in [-0.4, -0.2) is 36.4 Å². The Labute approximate surface area is 129 Å². The van der Waals surface area contributed by atoms with E-state index in [1.165, 1.54) is 12.1 Å². The first-order chi connectivity index (χ1) is 10.6. The number of ether oxygens (including phenoxy) is 1. The second-order valence-electron chi connectivity index (χ2n) is 5.41. The third-order valence-electron chi connectivity index (χ3n) is 3.42. The summed E-state index contributed by atoms with van der Waals surface area (Å²) in [5.41, 5.74) is 0. The second kappa shape index (κ2) is 7.79. The number of benzene rings is 1. The molecule has 0 fully saturated rings. The number of carbonyl (C=O) groups excluding carboxylic acids is 1. The number of urea groups is 1. The molecule has 1 aromatic rings. The predicted octanol–water partition coefficient (Wildman–Crippen LogP) is 1.83. The summed E-state index contributed by atoms with van der Waals surface area (Å²) in [6, 6.07) is 5.42. The third-order valence-corrected chi connectivity index (χ3v) is 3.42. The van der Waals surface area contributed by atoms with Crippen LogP contribution in [0, 0.1) is 11.7 Å². The van der Waals surface area contributed by atoms with Crippen molar-refractivity contribution in [2.75, 3.05) is 13.2 Å². The summed E-state index contributed by atoms with van der Waals surface area (Å²) in [7, 11) is 0. The van der Waals surface area contributed by atoms with Crippen molar-refractivity contribution in [1.82, 2.24) is 10.6 Å². The lowest BCUT2D eigenvalue weighted by Gasteiger charge is -2.17. The van der Waals surface area contributed by atoms with E-state index in [1.807, 2.05) is 19.1 Å². The van der Waals surface area contributed by atoms with E-state index in [0.29, 0.717) is 18.7 Å². The Kier molecular flexibility index (Phi) is 5.77. The van der Waals surface area contributed by atoms with Gasteiger partial charge in [0.1, 0.15) is 17.7 Å². The summed E-state index contributed by atoms with van der Waals surface area (Å²) in [6.07, 6.45) is 4.27. The average Bonchev–Trinajstić information content (AvgIpc) is 2.95. The first kappa shape index (κ1) is 16.3. The molecule has 3 N–H and O–H groups in total. The lowest BCUT2D eigenvalue weighted by molar-refractivity contribution is 0.205. The molecule has 22 heavy (non-hydrogen) atoms. The second-order valence-corrected chi connectivity index (χ2v) is 5.41. The summed E-state index contributed by atoms with van der Waals surface area (Å²) in [4.78, 5) is 11.8. The van der Waals surface area contributed by atoms with Gasteiger partial charge in [0, 0.05) is 18.6 Å². The van der Waals surface area contributed by atoms with Gasteiger partial charge < -0.3 is 20.5 Å². The highest BCUT2D eigenvalue weighted by Crippen LogP contribution is 2.16. The molecule has 0 aromatic heterocycles. The molecule has 1 unspecified atom stereocenters. The van der Waals surface area contributed by atoms with Crippen LogP contribution in [0.4, 0.5) is 9.18 Å². The van der Waals surface area contributed by atoms with Crippen molar-refractivity contribution in [3.05, 3.63) is 42.2 Å². The van der Waals surface area contributed by atoms with Gasteiger partial charge in [-0.2, -0.15) is 0 Å². The fourth-order valence-electron chi connectivity index (χ4n) is 2.26. The zero-order chi connectivity index (χ0) is 15.9. The van der Waals surface area contributed by atoms with Gasteiger partial charge in [0.15, 0.2) is 0 Å². The van der Waals surface area contributed by atoms with Crippen LogP contribution in [0.2, 0.25) is 0 Å². The Bertz CT molecular complexity index is 519. The molecular formula is C16H21FN2O3. The highest BCUT2D eigenvalue weighted by molar-refractivity contribution is 5.74. The molecule has 3 atom stereocenters. The van der Waals surface area contributed by atoms with Crippen LogP contribution in [0.25, 0.3) is 0 Å². The molecule has 0 spiro atoms. The summed E-state index contributed by atoms with van der Waals surface area (Å²) in [5.74, 6) is 0.356. The zero-order valence-electron chi connectivity index (χ0n) is 12.5. The van der Waals surface area contributed by atoms with Crippen molar-refractivity contribution in [2.45, 2.75) is 25.5 Å². The molecule has 2 amide bonds. The molecule has 0 bridgehead atoms. The van der Waals surface area contributed by atoms with Gasteiger partial charge in [-0.25, -0.2) is 9.18 Å². The maximum absolute atomic E-state index is 12.8. The molecule has 0 aliphatic heterocycles. The van der Waals surface area contributed by atoms with Gasteiger partial charge in [0.05, 0.1) is 6.54 Å². The largest absolute Gasteiger partial charge is 0.489 e. The standard InChI is InChI=1S/C16H21FN2O3/c1-11(22-15-6-3-13(17)4-7-15)9-18-16(21)19-14-5-2-12(8-14)10-20/h2-7,11-12,14,20H,8-10H2,1H3,(H2,18,19,21)/t11?,12-,14+/m0/s1. The van der Waals surface area contributed by atoms with Crippen LogP contribution in [-0.2, 0) is 0 Å². The van der Waals surface area contributed by atoms with Crippen LogP contribution in [0.3, 0.4) is 0 Å². The smallest absolute Gasteiger partial charge is 0.315 e. The minimum absolute atomic E-state index is 0.0505. The van der Waals surface area contributed by atoms with Crippen molar-refractivity contribution < 1.29 is 19.0 Å². The molecule has 0 saturated heterocycles. The number of aliphatic hydroxyl groups is 1. The van der Waals surface area contributed by atoms with Crippen LogP contribution in [0.1, 0.15) is 13.3 Å². The van der Waals surface area contributed by atoms with Gasteiger partial charge in [-0.1, -0.05) is 12.2 Å². The molecule has 0 radical (unpaired) electrons. The van der Waals surface area contributed by atoms with Crippen LogP contribution >= 0.6 is 0 Å². The highest BCUT2D eigenvalue weighted by atomic mass is 19.1. The van der Waals surface area contributed by atoms with Crippen molar-refractivity contribution in [2.24, 2.45) is 5.92 Å². The van der Waals surface area contributed by atoms with Crippen LogP contribution in [0.15, 0.2) is 36.4 Å². The number of hydrogen-bond donors (Lipinski definition) is 3. The fraction of sp³-hybridized carbons (Fsp3) is 0.438. The van der Waals surface area contributed by atoms with Crippen molar-refractivity contribution in [1.29, 1.82) is 0 Å². The van der Waals surface area contributed by atoms with Crippen molar-refractivity contribution in [3.8, 4) is 5.75 Å². The van der Waals surface area contributed by atoms with E-state index in [1.54, 1.807) is 12.1 Å². The van der Waals surface area contributed by atoms with Gasteiger partial charge in [-0.15, -0.1) is 0 Å². The molecule has 6 heteroatoms. The van der Waals surface area contributed by atoms with Gasteiger partial charge >= 0.3 is 6.03 Å². The predicted molar refractivity (Wildman–Crippen MR) is 81.1 cm³/mol. The maximum atomic E-state index is 12.8. The first-order valence-electron chi connectivity index (χ1n) is 7.32. The van der Waals surface area contributed by atoms with Crippen LogP contribution < -0.4 is 15.4 Å². The summed E-state index contributed by atoms with van der Waals surface area (Å²) in [6.45, 7) is 2.25. The number of halogens is 1. The van der Waals surface area contributed by atoms with E-state index in [2.05, 4.69) is 10.6 Å². The summed E-state index contributed by atoms with van der Waals surface area (Å²) in [5, 5.41) is 14.6. The van der Waals surface area contributed by atoms with E-state index in [9.17, 15) is 9.18 Å². The molecule has 0 saturated carbocycles. The molecule has 1 aromatic carbocycles. The van der Waals surface area contributed by atoms with Gasteiger partial charge in [0.25, 0.3) is 0 Å². The van der Waals surface area contributed by atoms with Crippen molar-refractivity contribution >= 4 is 6.03 Å². The normalized spacial score (nSPS) is 21.4. The molecule has 1 aliphatic rings. The summed E-state index contributed by atoms with van der Waals surface area (Å²) < 4.78 is 18.4. The van der Waals surface area contributed by atoms with Crippen LogP contribution in [0.5, 0.6) is 5.75 Å². The molecular weight excluding hydrogens is 287 g/mol. The SMILES string of the molecule is CC(CNC(=O)N[C@@H]1C=C[C@H](CO)C1)Oc1ccc(F)cc1. The Morgan fingerprint density at radius 2 is 2.14 bits per heavy atom. The molecule has 5 nitrogen and oxygen atoms in total. The topological polar surface area (TPSA) is 70.6 Å². The third kappa shape index (κ3) is 5.04. The lowest BCUT2D eigenvalue weighted by Crippen LogP contribution is -2.44. The Balaban J connectivity index is 1.67. The Hall–Kier alpha value is -2.08. The lowest BCUT2D eigenvalue weighted by atomic mass is 10.1. The number of carbonyl (C=O) groups is 1. The molecule has 0 heterocycles. The number of rotatable bonds is 6. The Morgan fingerprint density at radius 1 is 1.41 bits per heavy atom. The van der Waals surface area contributed by atoms with E-state index >= 15 is 0 Å². The van der Waals surface area contributed by atoms with E-state index in [4.69, 9.17) is 9.84 Å². The zero-order valence-corrected chi connectivity index (χ0v) is 12.5. The quantitative estimate of drug-likeness (QED) is 0.702. The molecule has 120 valence electrons. The number of hydrogen-bond acceptors (Lipinski definition) is 3. The Morgan fingerprint density at radius 3 is 2.77 bits per heavy atom. The molecule has 1 aliphatic carbocycles. The number of nitrogens with one attached hydrogen (secondary N) is 2.